The molecule has 0 spiro atoms. The van der Waals surface area contributed by atoms with Crippen LogP contribution < -0.4 is 10.1 Å². The Morgan fingerprint density at radius 1 is 1.16 bits per heavy atom. The van der Waals surface area contributed by atoms with E-state index < -0.39 is 0 Å². The van der Waals surface area contributed by atoms with Gasteiger partial charge in [-0.15, -0.1) is 0 Å². The zero-order valence-electron chi connectivity index (χ0n) is 12.6. The summed E-state index contributed by atoms with van der Waals surface area (Å²) in [5, 5.41) is 4.23. The first-order valence-corrected chi connectivity index (χ1v) is 7.48. The molecule has 108 valence electrons. The van der Waals surface area contributed by atoms with Crippen molar-refractivity contribution in [1.29, 1.82) is 0 Å². The summed E-state index contributed by atoms with van der Waals surface area (Å²) < 4.78 is 5.73. The van der Waals surface area contributed by atoms with Crippen LogP contribution in [-0.4, -0.2) is 19.7 Å². The van der Waals surface area contributed by atoms with Gasteiger partial charge in [0.2, 0.25) is 0 Å². The Hall–Kier alpha value is -0.730. The van der Waals surface area contributed by atoms with E-state index in [-0.39, 0.29) is 0 Å². The molecule has 1 aromatic carbocycles. The molecule has 19 heavy (non-hydrogen) atoms. The number of aryl methyl sites for hydroxylation is 2. The van der Waals surface area contributed by atoms with Crippen LogP contribution in [0.1, 0.15) is 37.8 Å². The van der Waals surface area contributed by atoms with E-state index in [1.54, 1.807) is 0 Å². The van der Waals surface area contributed by atoms with Crippen LogP contribution >= 0.6 is 11.6 Å². The highest BCUT2D eigenvalue weighted by atomic mass is 35.5. The molecule has 3 heteroatoms. The fourth-order valence-corrected chi connectivity index (χ4v) is 2.10. The predicted octanol–water partition coefficient (Wildman–Crippen LogP) is 4.36. The highest BCUT2D eigenvalue weighted by Crippen LogP contribution is 2.25. The Balaban J connectivity index is 2.19. The van der Waals surface area contributed by atoms with Crippen molar-refractivity contribution < 1.29 is 4.74 Å². The summed E-state index contributed by atoms with van der Waals surface area (Å²) in [6, 6.07) is 3.99. The zero-order chi connectivity index (χ0) is 14.3. The van der Waals surface area contributed by atoms with Crippen LogP contribution in [0.4, 0.5) is 0 Å². The van der Waals surface area contributed by atoms with E-state index in [2.05, 4.69) is 19.2 Å². The molecule has 0 unspecified atom stereocenters. The van der Waals surface area contributed by atoms with Gasteiger partial charge in [-0.1, -0.05) is 25.4 Å². The molecule has 0 saturated heterocycles. The molecule has 0 bridgehead atoms. The molecule has 0 aromatic heterocycles. The Bertz CT molecular complexity index is 367. The Kier molecular flexibility index (Phi) is 7.25. The molecular weight excluding hydrogens is 258 g/mol. The molecule has 0 aliphatic rings. The van der Waals surface area contributed by atoms with Crippen molar-refractivity contribution in [3.63, 3.8) is 0 Å². The fraction of sp³-hybridized carbons (Fsp3) is 0.625. The minimum absolute atomic E-state index is 0.697. The first kappa shape index (κ1) is 16.3. The van der Waals surface area contributed by atoms with E-state index in [0.717, 1.165) is 40.9 Å². The van der Waals surface area contributed by atoms with Crippen molar-refractivity contribution >= 4 is 11.6 Å². The first-order valence-electron chi connectivity index (χ1n) is 7.11. The van der Waals surface area contributed by atoms with Gasteiger partial charge in [-0.3, -0.25) is 0 Å². The molecular formula is C16H26ClNO. The standard InChI is InChI=1S/C16H26ClNO/c1-12(2)6-5-7-18-8-9-19-15-10-13(3)16(17)14(4)11-15/h10-12,18H,5-9H2,1-4H3. The average Bonchev–Trinajstić information content (AvgIpc) is 2.34. The number of hydrogen-bond donors (Lipinski definition) is 1. The van der Waals surface area contributed by atoms with Crippen molar-refractivity contribution in [3.05, 3.63) is 28.3 Å². The van der Waals surface area contributed by atoms with Crippen LogP contribution in [0.3, 0.4) is 0 Å². The molecule has 1 aromatic rings. The van der Waals surface area contributed by atoms with Gasteiger partial charge < -0.3 is 10.1 Å². The summed E-state index contributed by atoms with van der Waals surface area (Å²) in [6.45, 7) is 11.2. The van der Waals surface area contributed by atoms with Gasteiger partial charge in [0.05, 0.1) is 0 Å². The van der Waals surface area contributed by atoms with Gasteiger partial charge in [0.15, 0.2) is 0 Å². The van der Waals surface area contributed by atoms with E-state index in [4.69, 9.17) is 16.3 Å². The number of hydrogen-bond acceptors (Lipinski definition) is 2. The third-order valence-electron chi connectivity index (χ3n) is 3.09. The van der Waals surface area contributed by atoms with E-state index in [0.29, 0.717) is 6.61 Å². The topological polar surface area (TPSA) is 21.3 Å². The maximum atomic E-state index is 6.13. The van der Waals surface area contributed by atoms with Gasteiger partial charge >= 0.3 is 0 Å². The van der Waals surface area contributed by atoms with Gasteiger partial charge in [-0.05, 0) is 62.4 Å². The molecule has 0 atom stereocenters. The molecule has 0 aliphatic carbocycles. The predicted molar refractivity (Wildman–Crippen MR) is 83.4 cm³/mol. The Morgan fingerprint density at radius 3 is 2.37 bits per heavy atom. The SMILES string of the molecule is Cc1cc(OCCNCCCC(C)C)cc(C)c1Cl. The van der Waals surface area contributed by atoms with Crippen molar-refractivity contribution in [2.24, 2.45) is 5.92 Å². The number of nitrogens with one attached hydrogen (secondary N) is 1. The van der Waals surface area contributed by atoms with Crippen LogP contribution in [-0.2, 0) is 0 Å². The summed E-state index contributed by atoms with van der Waals surface area (Å²) in [5.41, 5.74) is 2.14. The average molecular weight is 284 g/mol. The zero-order valence-corrected chi connectivity index (χ0v) is 13.3. The third-order valence-corrected chi connectivity index (χ3v) is 3.69. The summed E-state index contributed by atoms with van der Waals surface area (Å²) >= 11 is 6.13. The second-order valence-corrected chi connectivity index (χ2v) is 5.88. The van der Waals surface area contributed by atoms with Crippen molar-refractivity contribution in [2.45, 2.75) is 40.5 Å². The van der Waals surface area contributed by atoms with Crippen molar-refractivity contribution in [1.82, 2.24) is 5.32 Å². The number of rotatable bonds is 8. The van der Waals surface area contributed by atoms with E-state index >= 15 is 0 Å². The van der Waals surface area contributed by atoms with Gasteiger partial charge in [0, 0.05) is 11.6 Å². The lowest BCUT2D eigenvalue weighted by Gasteiger charge is -2.11. The minimum atomic E-state index is 0.697. The molecule has 1 rings (SSSR count). The van der Waals surface area contributed by atoms with Crippen molar-refractivity contribution in [2.75, 3.05) is 19.7 Å². The molecule has 0 fully saturated rings. The minimum Gasteiger partial charge on any atom is -0.492 e. The fourth-order valence-electron chi connectivity index (χ4n) is 1.99. The molecule has 0 amide bonds. The van der Waals surface area contributed by atoms with Crippen LogP contribution in [0.25, 0.3) is 0 Å². The molecule has 2 nitrogen and oxygen atoms in total. The van der Waals surface area contributed by atoms with Crippen LogP contribution in [0.15, 0.2) is 12.1 Å². The first-order chi connectivity index (χ1) is 9.00. The van der Waals surface area contributed by atoms with Gasteiger partial charge in [-0.25, -0.2) is 0 Å². The highest BCUT2D eigenvalue weighted by molar-refractivity contribution is 6.32. The summed E-state index contributed by atoms with van der Waals surface area (Å²) in [4.78, 5) is 0. The molecule has 0 saturated carbocycles. The number of ether oxygens (including phenoxy) is 1. The number of benzene rings is 1. The quantitative estimate of drug-likeness (QED) is 0.716. The smallest absolute Gasteiger partial charge is 0.119 e. The second-order valence-electron chi connectivity index (χ2n) is 5.51. The van der Waals surface area contributed by atoms with Gasteiger partial charge in [0.25, 0.3) is 0 Å². The maximum absolute atomic E-state index is 6.13. The maximum Gasteiger partial charge on any atom is 0.119 e. The van der Waals surface area contributed by atoms with Crippen LogP contribution in [0.2, 0.25) is 5.02 Å². The van der Waals surface area contributed by atoms with E-state index in [1.165, 1.54) is 12.8 Å². The van der Waals surface area contributed by atoms with Gasteiger partial charge in [0.1, 0.15) is 12.4 Å². The molecule has 1 N–H and O–H groups in total. The van der Waals surface area contributed by atoms with E-state index in [9.17, 15) is 0 Å². The Morgan fingerprint density at radius 2 is 1.79 bits per heavy atom. The lowest BCUT2D eigenvalue weighted by atomic mass is 10.1. The summed E-state index contributed by atoms with van der Waals surface area (Å²) in [7, 11) is 0. The lowest BCUT2D eigenvalue weighted by molar-refractivity contribution is 0.312. The highest BCUT2D eigenvalue weighted by Gasteiger charge is 2.03. The third kappa shape index (κ3) is 6.31. The largest absolute Gasteiger partial charge is 0.492 e. The molecule has 0 aliphatic heterocycles. The number of halogens is 1. The van der Waals surface area contributed by atoms with E-state index in [1.807, 2.05) is 26.0 Å². The molecule has 0 heterocycles. The Labute approximate surface area is 122 Å². The van der Waals surface area contributed by atoms with Crippen LogP contribution in [0.5, 0.6) is 5.75 Å². The normalized spacial score (nSPS) is 11.1. The molecule has 0 radical (unpaired) electrons. The summed E-state index contributed by atoms with van der Waals surface area (Å²) in [5.74, 6) is 1.70. The van der Waals surface area contributed by atoms with Crippen molar-refractivity contribution in [3.8, 4) is 5.75 Å². The summed E-state index contributed by atoms with van der Waals surface area (Å²) in [6.07, 6.45) is 2.51. The monoisotopic (exact) mass is 283 g/mol. The lowest BCUT2D eigenvalue weighted by Crippen LogP contribution is -2.22. The van der Waals surface area contributed by atoms with Gasteiger partial charge in [-0.2, -0.15) is 0 Å². The van der Waals surface area contributed by atoms with Crippen LogP contribution in [0, 0.1) is 19.8 Å². The second kappa shape index (κ2) is 8.44.